The first-order chi connectivity index (χ1) is 9.73. The molecule has 0 saturated carbocycles. The lowest BCUT2D eigenvalue weighted by molar-refractivity contribution is -0.0599. The molecule has 1 N–H and O–H groups in total. The first-order valence-electron chi connectivity index (χ1n) is 6.90. The molecule has 21 heavy (non-hydrogen) atoms. The summed E-state index contributed by atoms with van der Waals surface area (Å²) in [5.74, 6) is 0. The molecule has 1 aliphatic heterocycles. The second kappa shape index (κ2) is 5.76. The molecular formula is C15H20N2O3S. The van der Waals surface area contributed by atoms with E-state index in [1.165, 1.54) is 12.1 Å². The van der Waals surface area contributed by atoms with Crippen molar-refractivity contribution in [2.45, 2.75) is 50.2 Å². The Balaban J connectivity index is 2.21. The van der Waals surface area contributed by atoms with Crippen LogP contribution in [0.4, 0.5) is 0 Å². The number of nitrogens with one attached hydrogen (secondary N) is 1. The highest BCUT2D eigenvalue weighted by Gasteiger charge is 2.32. The normalized spacial score (nSPS) is 21.7. The van der Waals surface area contributed by atoms with Crippen molar-refractivity contribution in [3.63, 3.8) is 0 Å². The zero-order valence-electron chi connectivity index (χ0n) is 12.5. The molecule has 0 spiro atoms. The fourth-order valence-electron chi connectivity index (χ4n) is 2.64. The molecular weight excluding hydrogens is 288 g/mol. The van der Waals surface area contributed by atoms with Crippen LogP contribution in [0.1, 0.15) is 37.8 Å². The van der Waals surface area contributed by atoms with Gasteiger partial charge in [0.25, 0.3) is 0 Å². The van der Waals surface area contributed by atoms with Gasteiger partial charge in [0.2, 0.25) is 10.0 Å². The van der Waals surface area contributed by atoms with Crippen molar-refractivity contribution in [1.82, 2.24) is 4.72 Å². The summed E-state index contributed by atoms with van der Waals surface area (Å²) in [6, 6.07) is 6.47. The van der Waals surface area contributed by atoms with Gasteiger partial charge in [-0.2, -0.15) is 5.26 Å². The van der Waals surface area contributed by atoms with Gasteiger partial charge in [-0.05, 0) is 57.4 Å². The highest BCUT2D eigenvalue weighted by molar-refractivity contribution is 7.89. The van der Waals surface area contributed by atoms with Crippen LogP contribution < -0.4 is 4.72 Å². The Morgan fingerprint density at radius 2 is 2.14 bits per heavy atom. The van der Waals surface area contributed by atoms with Crippen LogP contribution in [0.5, 0.6) is 0 Å². The maximum absolute atomic E-state index is 12.5. The molecule has 1 aliphatic rings. The number of aryl methyl sites for hydroxylation is 1. The molecule has 1 aromatic carbocycles. The monoisotopic (exact) mass is 308 g/mol. The van der Waals surface area contributed by atoms with Gasteiger partial charge >= 0.3 is 0 Å². The zero-order valence-corrected chi connectivity index (χ0v) is 13.3. The first-order valence-corrected chi connectivity index (χ1v) is 8.39. The number of hydrogen-bond donors (Lipinski definition) is 1. The fourth-order valence-corrected chi connectivity index (χ4v) is 4.13. The van der Waals surface area contributed by atoms with Crippen molar-refractivity contribution in [2.75, 3.05) is 6.61 Å². The quantitative estimate of drug-likeness (QED) is 0.927. The molecule has 1 atom stereocenters. The summed E-state index contributed by atoms with van der Waals surface area (Å²) in [5, 5.41) is 8.85. The van der Waals surface area contributed by atoms with E-state index in [0.717, 1.165) is 0 Å². The van der Waals surface area contributed by atoms with Gasteiger partial charge in [0.05, 0.1) is 22.1 Å². The van der Waals surface area contributed by atoms with Crippen LogP contribution in [0.15, 0.2) is 23.1 Å². The van der Waals surface area contributed by atoms with E-state index >= 15 is 0 Å². The van der Waals surface area contributed by atoms with Crippen LogP contribution in [0.25, 0.3) is 0 Å². The Morgan fingerprint density at radius 1 is 1.43 bits per heavy atom. The number of nitriles is 1. The van der Waals surface area contributed by atoms with Gasteiger partial charge in [0, 0.05) is 12.6 Å². The number of nitrogens with zero attached hydrogens (tertiary/aromatic N) is 1. The highest BCUT2D eigenvalue weighted by Crippen LogP contribution is 2.25. The van der Waals surface area contributed by atoms with Gasteiger partial charge in [-0.15, -0.1) is 0 Å². The second-order valence-corrected chi connectivity index (χ2v) is 7.69. The average Bonchev–Trinajstić information content (AvgIpc) is 2.36. The van der Waals surface area contributed by atoms with Crippen molar-refractivity contribution >= 4 is 10.0 Å². The molecule has 0 bridgehead atoms. The predicted molar refractivity (Wildman–Crippen MR) is 79.3 cm³/mol. The van der Waals surface area contributed by atoms with Crippen LogP contribution >= 0.6 is 0 Å². The summed E-state index contributed by atoms with van der Waals surface area (Å²) in [5.41, 5.74) is 0.719. The predicted octanol–water partition coefficient (Wildman–Crippen LogP) is 2.10. The van der Waals surface area contributed by atoms with Crippen LogP contribution in [0, 0.1) is 18.3 Å². The highest BCUT2D eigenvalue weighted by atomic mass is 32.2. The van der Waals surface area contributed by atoms with Crippen LogP contribution in [0.2, 0.25) is 0 Å². The average molecular weight is 308 g/mol. The van der Waals surface area contributed by atoms with E-state index in [2.05, 4.69) is 4.72 Å². The Kier molecular flexibility index (Phi) is 4.38. The molecule has 1 fully saturated rings. The van der Waals surface area contributed by atoms with Gasteiger partial charge in [0.1, 0.15) is 0 Å². The molecule has 114 valence electrons. The SMILES string of the molecule is Cc1cc(C#N)ccc1S(=O)(=O)NC1CCOC(C)(C)C1. The topological polar surface area (TPSA) is 79.2 Å². The Morgan fingerprint density at radius 3 is 2.71 bits per heavy atom. The van der Waals surface area contributed by atoms with Crippen molar-refractivity contribution in [3.05, 3.63) is 29.3 Å². The molecule has 1 aromatic rings. The van der Waals surface area contributed by atoms with Crippen LogP contribution in [0.3, 0.4) is 0 Å². The number of sulfonamides is 1. The van der Waals surface area contributed by atoms with E-state index < -0.39 is 10.0 Å². The molecule has 0 aliphatic carbocycles. The first kappa shape index (κ1) is 16.0. The third-order valence-electron chi connectivity index (χ3n) is 3.61. The fraction of sp³-hybridized carbons (Fsp3) is 0.533. The molecule has 5 nitrogen and oxygen atoms in total. The smallest absolute Gasteiger partial charge is 0.241 e. The van der Waals surface area contributed by atoms with E-state index in [-0.39, 0.29) is 16.5 Å². The molecule has 0 aromatic heterocycles. The molecule has 0 amide bonds. The van der Waals surface area contributed by atoms with Gasteiger partial charge < -0.3 is 4.74 Å². The van der Waals surface area contributed by atoms with Gasteiger partial charge in [-0.25, -0.2) is 13.1 Å². The Labute approximate surface area is 126 Å². The standard InChI is InChI=1S/C15H20N2O3S/c1-11-8-12(10-16)4-5-14(11)21(18,19)17-13-6-7-20-15(2,3)9-13/h4-5,8,13,17H,6-7,9H2,1-3H3. The largest absolute Gasteiger partial charge is 0.375 e. The third kappa shape index (κ3) is 3.82. The van der Waals surface area contributed by atoms with E-state index in [1.807, 2.05) is 19.9 Å². The Hall–Kier alpha value is -1.42. The van der Waals surface area contributed by atoms with E-state index in [0.29, 0.717) is 30.6 Å². The summed E-state index contributed by atoms with van der Waals surface area (Å²) in [6.45, 7) is 6.16. The number of rotatable bonds is 3. The van der Waals surface area contributed by atoms with E-state index in [1.54, 1.807) is 13.0 Å². The lowest BCUT2D eigenvalue weighted by Gasteiger charge is -2.35. The van der Waals surface area contributed by atoms with Crippen molar-refractivity contribution in [3.8, 4) is 6.07 Å². The molecule has 0 radical (unpaired) electrons. The minimum absolute atomic E-state index is 0.131. The van der Waals surface area contributed by atoms with Crippen molar-refractivity contribution < 1.29 is 13.2 Å². The summed E-state index contributed by atoms with van der Waals surface area (Å²) >= 11 is 0. The lowest BCUT2D eigenvalue weighted by atomic mass is 9.95. The van der Waals surface area contributed by atoms with Gasteiger partial charge in [-0.1, -0.05) is 0 Å². The molecule has 6 heteroatoms. The zero-order chi connectivity index (χ0) is 15.7. The molecule has 1 heterocycles. The van der Waals surface area contributed by atoms with Crippen molar-refractivity contribution in [2.24, 2.45) is 0 Å². The second-order valence-electron chi connectivity index (χ2n) is 6.01. The number of ether oxygens (including phenoxy) is 1. The lowest BCUT2D eigenvalue weighted by Crippen LogP contribution is -2.45. The van der Waals surface area contributed by atoms with Crippen molar-refractivity contribution in [1.29, 1.82) is 5.26 Å². The summed E-state index contributed by atoms with van der Waals surface area (Å²) in [7, 11) is -3.58. The summed E-state index contributed by atoms with van der Waals surface area (Å²) < 4.78 is 33.3. The van der Waals surface area contributed by atoms with E-state index in [4.69, 9.17) is 10.00 Å². The van der Waals surface area contributed by atoms with Gasteiger partial charge in [-0.3, -0.25) is 0 Å². The molecule has 2 rings (SSSR count). The van der Waals surface area contributed by atoms with Crippen LogP contribution in [-0.2, 0) is 14.8 Å². The minimum atomic E-state index is -3.58. The minimum Gasteiger partial charge on any atom is -0.375 e. The Bertz CT molecular complexity index is 675. The summed E-state index contributed by atoms with van der Waals surface area (Å²) in [4.78, 5) is 0.228. The molecule has 1 unspecified atom stereocenters. The summed E-state index contributed by atoms with van der Waals surface area (Å²) in [6.07, 6.45) is 1.31. The van der Waals surface area contributed by atoms with E-state index in [9.17, 15) is 8.42 Å². The van der Waals surface area contributed by atoms with Gasteiger partial charge in [0.15, 0.2) is 0 Å². The number of benzene rings is 1. The van der Waals surface area contributed by atoms with Crippen LogP contribution in [-0.4, -0.2) is 26.7 Å². The maximum Gasteiger partial charge on any atom is 0.241 e. The number of hydrogen-bond acceptors (Lipinski definition) is 4. The third-order valence-corrected chi connectivity index (χ3v) is 5.29. The molecule has 1 saturated heterocycles. The maximum atomic E-state index is 12.5.